The molecule has 0 spiro atoms. The van der Waals surface area contributed by atoms with Crippen molar-refractivity contribution < 1.29 is 0 Å². The molecule has 0 radical (unpaired) electrons. The summed E-state index contributed by atoms with van der Waals surface area (Å²) < 4.78 is 0. The van der Waals surface area contributed by atoms with E-state index in [4.69, 9.17) is 0 Å². The fourth-order valence-corrected chi connectivity index (χ4v) is 1.83. The van der Waals surface area contributed by atoms with Gasteiger partial charge in [-0.1, -0.05) is 37.3 Å². The number of guanidine groups is 1. The van der Waals surface area contributed by atoms with Crippen molar-refractivity contribution in [2.24, 2.45) is 4.99 Å². The van der Waals surface area contributed by atoms with E-state index in [-0.39, 0.29) is 24.0 Å². The molecule has 1 aromatic rings. The van der Waals surface area contributed by atoms with Crippen molar-refractivity contribution in [2.45, 2.75) is 25.5 Å². The van der Waals surface area contributed by atoms with Gasteiger partial charge in [0.15, 0.2) is 5.96 Å². The summed E-state index contributed by atoms with van der Waals surface area (Å²) in [7, 11) is 0. The monoisotopic (exact) mass is 407 g/mol. The first-order valence-electron chi connectivity index (χ1n) is 6.85. The van der Waals surface area contributed by atoms with E-state index in [0.717, 1.165) is 32.0 Å². The molecule has 1 unspecified atom stereocenters. The molecule has 0 fully saturated rings. The molecule has 0 aliphatic heterocycles. The summed E-state index contributed by atoms with van der Waals surface area (Å²) in [5, 5.41) is 7.22. The lowest BCUT2D eigenvalue weighted by molar-refractivity contribution is 0.796. The lowest BCUT2D eigenvalue weighted by Gasteiger charge is -2.12. The molecular formula is C15H26IN3S. The van der Waals surface area contributed by atoms with Crippen molar-refractivity contribution in [3.8, 4) is 0 Å². The SMILES string of the molecule is CCNC(=NCC(C)SC)NCCc1ccccc1.I. The molecule has 5 heteroatoms. The second-order valence-corrected chi connectivity index (χ2v) is 5.70. The highest BCUT2D eigenvalue weighted by Gasteiger charge is 2.00. The minimum absolute atomic E-state index is 0. The van der Waals surface area contributed by atoms with Crippen molar-refractivity contribution >= 4 is 41.7 Å². The summed E-state index contributed by atoms with van der Waals surface area (Å²) in [4.78, 5) is 4.59. The predicted molar refractivity (Wildman–Crippen MR) is 103 cm³/mol. The summed E-state index contributed by atoms with van der Waals surface area (Å²) in [6, 6.07) is 10.5. The third kappa shape index (κ3) is 8.68. The van der Waals surface area contributed by atoms with Crippen LogP contribution >= 0.6 is 35.7 Å². The second kappa shape index (κ2) is 12.3. The zero-order chi connectivity index (χ0) is 13.9. The number of nitrogens with zero attached hydrogens (tertiary/aromatic N) is 1. The van der Waals surface area contributed by atoms with Crippen LogP contribution in [0, 0.1) is 0 Å². The molecule has 2 N–H and O–H groups in total. The van der Waals surface area contributed by atoms with Crippen molar-refractivity contribution in [3.05, 3.63) is 35.9 Å². The van der Waals surface area contributed by atoms with Gasteiger partial charge in [0.2, 0.25) is 0 Å². The molecule has 0 saturated heterocycles. The Labute approximate surface area is 144 Å². The predicted octanol–water partition coefficient (Wildman–Crippen LogP) is 3.15. The van der Waals surface area contributed by atoms with Crippen LogP contribution in [0.3, 0.4) is 0 Å². The number of nitrogens with one attached hydrogen (secondary N) is 2. The Kier molecular flexibility index (Phi) is 12.1. The minimum Gasteiger partial charge on any atom is -0.357 e. The van der Waals surface area contributed by atoms with Gasteiger partial charge in [-0.15, -0.1) is 24.0 Å². The van der Waals surface area contributed by atoms with E-state index < -0.39 is 0 Å². The highest BCUT2D eigenvalue weighted by Crippen LogP contribution is 2.04. The van der Waals surface area contributed by atoms with Gasteiger partial charge in [0, 0.05) is 18.3 Å². The van der Waals surface area contributed by atoms with E-state index in [1.807, 2.05) is 17.8 Å². The molecule has 0 heterocycles. The van der Waals surface area contributed by atoms with Crippen LogP contribution in [0.15, 0.2) is 35.3 Å². The number of aliphatic imine (C=N–C) groups is 1. The Balaban J connectivity index is 0.00000361. The average Bonchev–Trinajstić information content (AvgIpc) is 2.45. The summed E-state index contributed by atoms with van der Waals surface area (Å²) in [6.07, 6.45) is 3.14. The zero-order valence-electron chi connectivity index (χ0n) is 12.6. The van der Waals surface area contributed by atoms with Crippen LogP contribution in [0.2, 0.25) is 0 Å². The molecule has 3 nitrogen and oxygen atoms in total. The fraction of sp³-hybridized carbons (Fsp3) is 0.533. The first kappa shape index (κ1) is 19.6. The van der Waals surface area contributed by atoms with E-state index in [0.29, 0.717) is 5.25 Å². The van der Waals surface area contributed by atoms with E-state index in [1.165, 1.54) is 5.56 Å². The number of halogens is 1. The first-order valence-corrected chi connectivity index (χ1v) is 8.14. The van der Waals surface area contributed by atoms with Crippen LogP contribution in [0.25, 0.3) is 0 Å². The molecule has 1 rings (SSSR count). The Morgan fingerprint density at radius 2 is 1.95 bits per heavy atom. The maximum absolute atomic E-state index is 4.59. The quantitative estimate of drug-likeness (QED) is 0.414. The third-order valence-electron chi connectivity index (χ3n) is 2.80. The number of hydrogen-bond donors (Lipinski definition) is 2. The van der Waals surface area contributed by atoms with Gasteiger partial charge < -0.3 is 10.6 Å². The standard InChI is InChI=1S/C15H25N3S.HI/c1-4-16-15(18-12-13(2)19-3)17-11-10-14-8-6-5-7-9-14;/h5-9,13H,4,10-12H2,1-3H3,(H2,16,17,18);1H. The summed E-state index contributed by atoms with van der Waals surface area (Å²) >= 11 is 1.84. The van der Waals surface area contributed by atoms with E-state index in [1.54, 1.807) is 0 Å². The Morgan fingerprint density at radius 1 is 1.25 bits per heavy atom. The van der Waals surface area contributed by atoms with Crippen molar-refractivity contribution in [1.29, 1.82) is 0 Å². The molecule has 0 aliphatic rings. The van der Waals surface area contributed by atoms with Gasteiger partial charge >= 0.3 is 0 Å². The lowest BCUT2D eigenvalue weighted by Crippen LogP contribution is -2.38. The number of benzene rings is 1. The molecule has 0 amide bonds. The number of thioether (sulfide) groups is 1. The Bertz CT molecular complexity index is 371. The summed E-state index contributed by atoms with van der Waals surface area (Å²) in [5.41, 5.74) is 1.35. The molecule has 0 bridgehead atoms. The molecule has 1 aromatic carbocycles. The van der Waals surface area contributed by atoms with Gasteiger partial charge in [-0.3, -0.25) is 4.99 Å². The van der Waals surface area contributed by atoms with E-state index in [9.17, 15) is 0 Å². The van der Waals surface area contributed by atoms with Gasteiger partial charge in [0.05, 0.1) is 6.54 Å². The van der Waals surface area contributed by atoms with Crippen molar-refractivity contribution in [2.75, 3.05) is 25.9 Å². The van der Waals surface area contributed by atoms with E-state index in [2.05, 4.69) is 60.0 Å². The van der Waals surface area contributed by atoms with Crippen molar-refractivity contribution in [3.63, 3.8) is 0 Å². The molecule has 114 valence electrons. The largest absolute Gasteiger partial charge is 0.357 e. The summed E-state index contributed by atoms with van der Waals surface area (Å²) in [5.74, 6) is 0.916. The van der Waals surface area contributed by atoms with Crippen LogP contribution in [-0.2, 0) is 6.42 Å². The molecular weight excluding hydrogens is 381 g/mol. The highest BCUT2D eigenvalue weighted by atomic mass is 127. The van der Waals surface area contributed by atoms with Gasteiger partial charge in [0.1, 0.15) is 0 Å². The average molecular weight is 407 g/mol. The van der Waals surface area contributed by atoms with Gasteiger partial charge in [-0.05, 0) is 25.2 Å². The van der Waals surface area contributed by atoms with Crippen molar-refractivity contribution in [1.82, 2.24) is 10.6 Å². The molecule has 1 atom stereocenters. The van der Waals surface area contributed by atoms with Crippen LogP contribution in [0.4, 0.5) is 0 Å². The Hall–Kier alpha value is -0.430. The smallest absolute Gasteiger partial charge is 0.191 e. The first-order chi connectivity index (χ1) is 9.26. The van der Waals surface area contributed by atoms with Gasteiger partial charge in [0.25, 0.3) is 0 Å². The van der Waals surface area contributed by atoms with Crippen LogP contribution in [0.1, 0.15) is 19.4 Å². The molecule has 0 aromatic heterocycles. The molecule has 0 aliphatic carbocycles. The second-order valence-electron chi connectivity index (χ2n) is 4.43. The van der Waals surface area contributed by atoms with E-state index >= 15 is 0 Å². The highest BCUT2D eigenvalue weighted by molar-refractivity contribution is 14.0. The maximum atomic E-state index is 4.59. The lowest BCUT2D eigenvalue weighted by atomic mass is 10.1. The minimum atomic E-state index is 0. The number of rotatable bonds is 7. The fourth-order valence-electron chi connectivity index (χ4n) is 1.61. The van der Waals surface area contributed by atoms with Gasteiger partial charge in [-0.2, -0.15) is 11.8 Å². The topological polar surface area (TPSA) is 36.4 Å². The normalized spacial score (nSPS) is 12.4. The number of hydrogen-bond acceptors (Lipinski definition) is 2. The molecule has 20 heavy (non-hydrogen) atoms. The molecule has 0 saturated carbocycles. The van der Waals surface area contributed by atoms with Gasteiger partial charge in [-0.25, -0.2) is 0 Å². The Morgan fingerprint density at radius 3 is 2.55 bits per heavy atom. The van der Waals surface area contributed by atoms with Crippen LogP contribution in [-0.4, -0.2) is 37.1 Å². The maximum Gasteiger partial charge on any atom is 0.191 e. The van der Waals surface area contributed by atoms with Crippen LogP contribution in [0.5, 0.6) is 0 Å². The summed E-state index contributed by atoms with van der Waals surface area (Å²) in [6.45, 7) is 6.93. The van der Waals surface area contributed by atoms with Crippen LogP contribution < -0.4 is 10.6 Å². The zero-order valence-corrected chi connectivity index (χ0v) is 15.7. The third-order valence-corrected chi connectivity index (χ3v) is 3.76.